The third-order valence-corrected chi connectivity index (χ3v) is 7.02. The number of rotatable bonds is 6. The summed E-state index contributed by atoms with van der Waals surface area (Å²) in [6.07, 6.45) is 3.09. The van der Waals surface area contributed by atoms with Gasteiger partial charge in [0, 0.05) is 25.5 Å². The molecule has 1 fully saturated rings. The van der Waals surface area contributed by atoms with Crippen LogP contribution in [0, 0.1) is 0 Å². The molecule has 3 aromatic rings. The molecule has 1 aliphatic heterocycles. The highest BCUT2D eigenvalue weighted by molar-refractivity contribution is 7.91. The summed E-state index contributed by atoms with van der Waals surface area (Å²) >= 11 is 6.88. The molecule has 31 heavy (non-hydrogen) atoms. The van der Waals surface area contributed by atoms with Gasteiger partial charge >= 0.3 is 0 Å². The van der Waals surface area contributed by atoms with Crippen molar-refractivity contribution in [2.45, 2.75) is 6.61 Å². The summed E-state index contributed by atoms with van der Waals surface area (Å²) < 4.78 is 28.9. The number of sulfone groups is 1. The minimum Gasteiger partial charge on any atom is -0.462 e. The van der Waals surface area contributed by atoms with Crippen LogP contribution in [0.2, 0.25) is 5.02 Å². The maximum Gasteiger partial charge on any atom is 0.296 e. The first-order valence-corrected chi connectivity index (χ1v) is 12.2. The number of pyridine rings is 2. The molecule has 1 aliphatic rings. The molecule has 13 heteroatoms. The van der Waals surface area contributed by atoms with Gasteiger partial charge in [0.05, 0.1) is 27.8 Å². The highest BCUT2D eigenvalue weighted by Gasteiger charge is 2.26. The molecule has 0 atom stereocenters. The number of halogens is 1. The molecule has 10 nitrogen and oxygen atoms in total. The van der Waals surface area contributed by atoms with Gasteiger partial charge in [0.2, 0.25) is 5.13 Å². The van der Waals surface area contributed by atoms with Crippen LogP contribution in [0.1, 0.15) is 16.1 Å². The molecule has 0 spiro atoms. The summed E-state index contributed by atoms with van der Waals surface area (Å²) in [4.78, 5) is 23.0. The summed E-state index contributed by atoms with van der Waals surface area (Å²) in [5.41, 5.74) is 0.999. The molecular formula is C18H17ClN6O4S2. The monoisotopic (exact) mass is 480 g/mol. The molecule has 3 aromatic heterocycles. The Kier molecular flexibility index (Phi) is 6.30. The first-order chi connectivity index (χ1) is 14.9. The summed E-state index contributed by atoms with van der Waals surface area (Å²) in [7, 11) is -3.04. The van der Waals surface area contributed by atoms with Crippen LogP contribution >= 0.6 is 22.9 Å². The van der Waals surface area contributed by atoms with Gasteiger partial charge in [0.15, 0.2) is 9.84 Å². The van der Waals surface area contributed by atoms with E-state index in [-0.39, 0.29) is 41.5 Å². The maximum absolute atomic E-state index is 12.8. The van der Waals surface area contributed by atoms with E-state index in [4.69, 9.17) is 16.3 Å². The van der Waals surface area contributed by atoms with Crippen molar-refractivity contribution in [1.82, 2.24) is 20.2 Å². The van der Waals surface area contributed by atoms with E-state index in [1.165, 1.54) is 6.20 Å². The molecule has 1 N–H and O–H groups in total. The number of hydrogen-bond donors (Lipinski definition) is 1. The lowest BCUT2D eigenvalue weighted by molar-refractivity contribution is 0.102. The van der Waals surface area contributed by atoms with Crippen LogP contribution < -0.4 is 15.0 Å². The van der Waals surface area contributed by atoms with Gasteiger partial charge in [0.1, 0.15) is 12.4 Å². The fourth-order valence-electron chi connectivity index (χ4n) is 2.86. The van der Waals surface area contributed by atoms with Crippen molar-refractivity contribution in [3.8, 4) is 5.19 Å². The first kappa shape index (κ1) is 21.4. The van der Waals surface area contributed by atoms with Crippen LogP contribution in [0.15, 0.2) is 36.7 Å². The average Bonchev–Trinajstić information content (AvgIpc) is 3.20. The van der Waals surface area contributed by atoms with E-state index < -0.39 is 15.7 Å². The van der Waals surface area contributed by atoms with Crippen molar-refractivity contribution < 1.29 is 17.9 Å². The molecular weight excluding hydrogens is 464 g/mol. The molecule has 1 amide bonds. The normalized spacial score (nSPS) is 15.5. The Labute approximate surface area is 187 Å². The van der Waals surface area contributed by atoms with Gasteiger partial charge in [-0.2, -0.15) is 0 Å². The molecule has 0 aliphatic carbocycles. The van der Waals surface area contributed by atoms with Crippen LogP contribution in [0.5, 0.6) is 5.19 Å². The Morgan fingerprint density at radius 1 is 1.19 bits per heavy atom. The Bertz CT molecular complexity index is 1170. The van der Waals surface area contributed by atoms with Crippen molar-refractivity contribution >= 4 is 49.6 Å². The smallest absolute Gasteiger partial charge is 0.296 e. The van der Waals surface area contributed by atoms with Crippen molar-refractivity contribution in [1.29, 1.82) is 0 Å². The fourth-order valence-corrected chi connectivity index (χ4v) is 4.76. The summed E-state index contributed by atoms with van der Waals surface area (Å²) in [6, 6.07) is 6.72. The zero-order chi connectivity index (χ0) is 21.8. The van der Waals surface area contributed by atoms with Gasteiger partial charge in [-0.25, -0.2) is 13.4 Å². The van der Waals surface area contributed by atoms with Crippen molar-refractivity contribution in [3.63, 3.8) is 0 Å². The van der Waals surface area contributed by atoms with Gasteiger partial charge in [-0.1, -0.05) is 16.7 Å². The largest absolute Gasteiger partial charge is 0.462 e. The van der Waals surface area contributed by atoms with E-state index in [9.17, 15) is 13.2 Å². The van der Waals surface area contributed by atoms with E-state index in [0.717, 1.165) is 11.3 Å². The van der Waals surface area contributed by atoms with Gasteiger partial charge in [-0.3, -0.25) is 15.1 Å². The number of ether oxygens (including phenoxy) is 1. The number of nitrogens with one attached hydrogen (secondary N) is 1. The summed E-state index contributed by atoms with van der Waals surface area (Å²) in [6.45, 7) is 0.759. The third kappa shape index (κ3) is 5.46. The quantitative estimate of drug-likeness (QED) is 0.563. The zero-order valence-electron chi connectivity index (χ0n) is 16.1. The topological polar surface area (TPSA) is 127 Å². The predicted molar refractivity (Wildman–Crippen MR) is 117 cm³/mol. The summed E-state index contributed by atoms with van der Waals surface area (Å²) in [5.74, 6) is 0.0809. The lowest BCUT2D eigenvalue weighted by atomic mass is 10.2. The molecule has 4 rings (SSSR count). The molecule has 0 aromatic carbocycles. The van der Waals surface area contributed by atoms with Gasteiger partial charge < -0.3 is 9.64 Å². The number of nitrogens with zero attached hydrogens (tertiary/aromatic N) is 5. The van der Waals surface area contributed by atoms with Crippen molar-refractivity contribution in [3.05, 3.63) is 52.9 Å². The van der Waals surface area contributed by atoms with Crippen LogP contribution in [-0.2, 0) is 16.4 Å². The number of hydrogen-bond acceptors (Lipinski definition) is 10. The predicted octanol–water partition coefficient (Wildman–Crippen LogP) is 2.05. The van der Waals surface area contributed by atoms with Crippen LogP contribution in [0.4, 0.5) is 10.9 Å². The second kappa shape index (κ2) is 9.12. The highest BCUT2D eigenvalue weighted by Crippen LogP contribution is 2.25. The second-order valence-corrected chi connectivity index (χ2v) is 10.3. The molecule has 4 heterocycles. The van der Waals surface area contributed by atoms with Gasteiger partial charge in [0.25, 0.3) is 11.1 Å². The van der Waals surface area contributed by atoms with E-state index in [2.05, 4.69) is 25.5 Å². The van der Waals surface area contributed by atoms with Gasteiger partial charge in [-0.05, 0) is 35.6 Å². The molecule has 0 saturated carbocycles. The Balaban J connectivity index is 1.40. The lowest BCUT2D eigenvalue weighted by Gasteiger charge is -2.28. The summed E-state index contributed by atoms with van der Waals surface area (Å²) in [5, 5.41) is 11.6. The SMILES string of the molecule is O=C(Nc1nnc(OCc2ccc(Cl)cn2)s1)c1cccnc1N1CCS(=O)(=O)CC1. The number of aromatic nitrogens is 4. The number of amides is 1. The first-order valence-electron chi connectivity index (χ1n) is 9.18. The Morgan fingerprint density at radius 2 is 2.00 bits per heavy atom. The number of carbonyl (C=O) groups is 1. The fraction of sp³-hybridized carbons (Fsp3) is 0.278. The van der Waals surface area contributed by atoms with Crippen molar-refractivity contribution in [2.24, 2.45) is 0 Å². The third-order valence-electron chi connectivity index (χ3n) is 4.43. The average molecular weight is 481 g/mol. The molecule has 162 valence electrons. The van der Waals surface area contributed by atoms with E-state index in [0.29, 0.717) is 22.1 Å². The number of anilines is 2. The molecule has 0 bridgehead atoms. The van der Waals surface area contributed by atoms with Gasteiger partial charge in [-0.15, -0.1) is 5.10 Å². The Hall–Kier alpha value is -2.83. The van der Waals surface area contributed by atoms with Crippen LogP contribution in [-0.4, -0.2) is 59.1 Å². The molecule has 0 radical (unpaired) electrons. The highest BCUT2D eigenvalue weighted by atomic mass is 35.5. The maximum atomic E-state index is 12.8. The minimum atomic E-state index is -3.04. The lowest BCUT2D eigenvalue weighted by Crippen LogP contribution is -2.41. The van der Waals surface area contributed by atoms with E-state index >= 15 is 0 Å². The van der Waals surface area contributed by atoms with Crippen LogP contribution in [0.3, 0.4) is 0 Å². The van der Waals surface area contributed by atoms with Crippen molar-refractivity contribution in [2.75, 3.05) is 34.8 Å². The Morgan fingerprint density at radius 3 is 2.74 bits per heavy atom. The molecule has 0 unspecified atom stereocenters. The second-order valence-electron chi connectivity index (χ2n) is 6.60. The van der Waals surface area contributed by atoms with E-state index in [1.807, 2.05) is 0 Å². The minimum absolute atomic E-state index is 0.0320. The van der Waals surface area contributed by atoms with Crippen LogP contribution in [0.25, 0.3) is 0 Å². The van der Waals surface area contributed by atoms with E-state index in [1.54, 1.807) is 35.4 Å². The zero-order valence-corrected chi connectivity index (χ0v) is 18.5. The molecule has 1 saturated heterocycles. The standard InChI is InChI=1S/C18H17ClN6O4S2/c19-12-3-4-13(21-10-12)11-29-18-24-23-17(30-18)22-16(26)14-2-1-5-20-15(14)25-6-8-31(27,28)9-7-25/h1-5,10H,6-9,11H2,(H,22,23,26). The number of carbonyl (C=O) groups excluding carboxylic acids is 1.